The number of nitrogens with zero attached hydrogens (tertiary/aromatic N) is 6. The Bertz CT molecular complexity index is 945. The molecular weight excluding hydrogens is 436 g/mol. The number of hydrogen-bond donors (Lipinski definition) is 0. The zero-order chi connectivity index (χ0) is 24.5. The van der Waals surface area contributed by atoms with Crippen LogP contribution < -0.4 is 9.64 Å². The lowest BCUT2D eigenvalue weighted by Gasteiger charge is -2.36. The summed E-state index contributed by atoms with van der Waals surface area (Å²) in [7, 11) is 6.99. The van der Waals surface area contributed by atoms with Crippen LogP contribution in [0, 0.1) is 0 Å². The number of hydrogen-bond acceptors (Lipinski definition) is 8. The summed E-state index contributed by atoms with van der Waals surface area (Å²) in [5.74, 6) is 1.32. The molecule has 2 aromatic rings. The Hall–Kier alpha value is -3.24. The third-order valence-corrected chi connectivity index (χ3v) is 5.74. The Kier molecular flexibility index (Phi) is 9.17. The Balaban J connectivity index is 1.55. The van der Waals surface area contributed by atoms with Crippen molar-refractivity contribution in [3.8, 4) is 17.0 Å². The van der Waals surface area contributed by atoms with Crippen molar-refractivity contribution in [2.45, 2.75) is 0 Å². The van der Waals surface area contributed by atoms with Crippen molar-refractivity contribution in [3.63, 3.8) is 0 Å². The number of methoxy groups -OCH3 is 2. The fourth-order valence-corrected chi connectivity index (χ4v) is 3.71. The topological polar surface area (TPSA) is 91.3 Å². The summed E-state index contributed by atoms with van der Waals surface area (Å²) in [5.41, 5.74) is 1.71. The van der Waals surface area contributed by atoms with E-state index in [9.17, 15) is 9.59 Å². The maximum Gasteiger partial charge on any atom is 0.249 e. The minimum Gasteiger partial charge on any atom is -0.497 e. The lowest BCUT2D eigenvalue weighted by molar-refractivity contribution is -0.143. The van der Waals surface area contributed by atoms with E-state index < -0.39 is 0 Å². The predicted octanol–water partition coefficient (Wildman–Crippen LogP) is 0.837. The van der Waals surface area contributed by atoms with Gasteiger partial charge in [0, 0.05) is 51.9 Å². The average Bonchev–Trinajstić information content (AvgIpc) is 2.86. The molecule has 0 unspecified atom stereocenters. The lowest BCUT2D eigenvalue weighted by Crippen LogP contribution is -2.52. The van der Waals surface area contributed by atoms with Crippen LogP contribution in [0.2, 0.25) is 0 Å². The molecule has 10 heteroatoms. The molecule has 1 aromatic carbocycles. The minimum absolute atomic E-state index is 0.0289. The molecule has 3 rings (SSSR count). The molecule has 0 saturated carbocycles. The summed E-state index contributed by atoms with van der Waals surface area (Å²) in [6.07, 6.45) is 0. The number of rotatable bonds is 10. The predicted molar refractivity (Wildman–Crippen MR) is 130 cm³/mol. The fourth-order valence-electron chi connectivity index (χ4n) is 3.71. The van der Waals surface area contributed by atoms with Gasteiger partial charge in [0.15, 0.2) is 5.82 Å². The van der Waals surface area contributed by atoms with Gasteiger partial charge in [-0.1, -0.05) is 12.1 Å². The lowest BCUT2D eigenvalue weighted by atomic mass is 10.1. The molecule has 0 spiro atoms. The van der Waals surface area contributed by atoms with Crippen LogP contribution in [0.5, 0.6) is 5.75 Å². The summed E-state index contributed by atoms with van der Waals surface area (Å²) >= 11 is 0. The average molecular weight is 471 g/mol. The van der Waals surface area contributed by atoms with Gasteiger partial charge in [-0.05, 0) is 38.4 Å². The van der Waals surface area contributed by atoms with E-state index in [4.69, 9.17) is 9.47 Å². The highest BCUT2D eigenvalue weighted by Crippen LogP contribution is 2.23. The van der Waals surface area contributed by atoms with Gasteiger partial charge in [0.25, 0.3) is 0 Å². The van der Waals surface area contributed by atoms with Gasteiger partial charge in [0.1, 0.15) is 12.4 Å². The number of benzene rings is 1. The first kappa shape index (κ1) is 25.4. The van der Waals surface area contributed by atoms with Gasteiger partial charge in [-0.2, -0.15) is 0 Å². The summed E-state index contributed by atoms with van der Waals surface area (Å²) in [6, 6.07) is 11.6. The number of carbonyl (C=O) groups is 2. The first-order valence-electron chi connectivity index (χ1n) is 11.3. The number of anilines is 1. The second kappa shape index (κ2) is 12.3. The maximum atomic E-state index is 12.9. The van der Waals surface area contributed by atoms with E-state index in [2.05, 4.69) is 15.1 Å². The zero-order valence-electron chi connectivity index (χ0n) is 20.4. The second-order valence-electron chi connectivity index (χ2n) is 8.43. The molecule has 184 valence electrons. The Morgan fingerprint density at radius 1 is 1.00 bits per heavy atom. The summed E-state index contributed by atoms with van der Waals surface area (Å²) in [5, 5.41) is 8.77. The molecule has 0 radical (unpaired) electrons. The third kappa shape index (κ3) is 6.88. The van der Waals surface area contributed by atoms with Crippen molar-refractivity contribution in [3.05, 3.63) is 36.4 Å². The first-order chi connectivity index (χ1) is 16.4. The SMILES string of the molecule is COCC(=O)N(CCN(C)C)CC(=O)N1CCN(c2ccc(-c3cccc(OC)c3)nn2)CC1. The van der Waals surface area contributed by atoms with Gasteiger partial charge in [-0.15, -0.1) is 10.2 Å². The molecule has 1 aromatic heterocycles. The largest absolute Gasteiger partial charge is 0.497 e. The van der Waals surface area contributed by atoms with Gasteiger partial charge in [0.2, 0.25) is 11.8 Å². The number of amides is 2. The van der Waals surface area contributed by atoms with Crippen molar-refractivity contribution in [2.24, 2.45) is 0 Å². The van der Waals surface area contributed by atoms with Crippen LogP contribution in [0.25, 0.3) is 11.3 Å². The van der Waals surface area contributed by atoms with Gasteiger partial charge in [-0.25, -0.2) is 0 Å². The van der Waals surface area contributed by atoms with Crippen molar-refractivity contribution in [2.75, 3.05) is 85.6 Å². The van der Waals surface area contributed by atoms with E-state index in [0.29, 0.717) is 39.3 Å². The molecule has 2 amide bonds. The van der Waals surface area contributed by atoms with Crippen LogP contribution in [0.4, 0.5) is 5.82 Å². The van der Waals surface area contributed by atoms with E-state index in [1.807, 2.05) is 55.4 Å². The minimum atomic E-state index is -0.178. The quantitative estimate of drug-likeness (QED) is 0.505. The summed E-state index contributed by atoms with van der Waals surface area (Å²) in [4.78, 5) is 32.7. The van der Waals surface area contributed by atoms with Crippen LogP contribution >= 0.6 is 0 Å². The van der Waals surface area contributed by atoms with Crippen LogP contribution in [-0.2, 0) is 14.3 Å². The highest BCUT2D eigenvalue weighted by molar-refractivity contribution is 5.85. The number of carbonyl (C=O) groups excluding carboxylic acids is 2. The van der Waals surface area contributed by atoms with Crippen LogP contribution in [0.1, 0.15) is 0 Å². The molecule has 0 bridgehead atoms. The smallest absolute Gasteiger partial charge is 0.249 e. The number of aromatic nitrogens is 2. The monoisotopic (exact) mass is 470 g/mol. The molecule has 1 aliphatic heterocycles. The molecule has 0 atom stereocenters. The van der Waals surface area contributed by atoms with Crippen molar-refractivity contribution >= 4 is 17.6 Å². The van der Waals surface area contributed by atoms with E-state index in [1.165, 1.54) is 7.11 Å². The normalized spacial score (nSPS) is 13.8. The first-order valence-corrected chi connectivity index (χ1v) is 11.3. The number of likely N-dealkylation sites (N-methyl/N-ethyl adjacent to an activating group) is 1. The molecular formula is C24H34N6O4. The molecule has 10 nitrogen and oxygen atoms in total. The third-order valence-electron chi connectivity index (χ3n) is 5.74. The van der Waals surface area contributed by atoms with Gasteiger partial charge < -0.3 is 29.1 Å². The van der Waals surface area contributed by atoms with Gasteiger partial charge in [0.05, 0.1) is 19.3 Å². The van der Waals surface area contributed by atoms with E-state index in [1.54, 1.807) is 16.9 Å². The molecule has 1 saturated heterocycles. The summed E-state index contributed by atoms with van der Waals surface area (Å²) < 4.78 is 10.3. The molecule has 1 fully saturated rings. The van der Waals surface area contributed by atoms with Crippen molar-refractivity contribution < 1.29 is 19.1 Å². The maximum absolute atomic E-state index is 12.9. The number of ether oxygens (including phenoxy) is 2. The van der Waals surface area contributed by atoms with E-state index >= 15 is 0 Å². The van der Waals surface area contributed by atoms with Crippen molar-refractivity contribution in [1.82, 2.24) is 24.9 Å². The van der Waals surface area contributed by atoms with E-state index in [0.717, 1.165) is 22.8 Å². The van der Waals surface area contributed by atoms with Crippen molar-refractivity contribution in [1.29, 1.82) is 0 Å². The van der Waals surface area contributed by atoms with E-state index in [-0.39, 0.29) is 25.0 Å². The number of piperazine rings is 1. The molecule has 2 heterocycles. The van der Waals surface area contributed by atoms with Crippen LogP contribution in [0.3, 0.4) is 0 Å². The second-order valence-corrected chi connectivity index (χ2v) is 8.43. The zero-order valence-corrected chi connectivity index (χ0v) is 20.4. The van der Waals surface area contributed by atoms with Crippen LogP contribution in [-0.4, -0.2) is 117 Å². The van der Waals surface area contributed by atoms with Crippen LogP contribution in [0.15, 0.2) is 36.4 Å². The molecule has 0 N–H and O–H groups in total. The van der Waals surface area contributed by atoms with Gasteiger partial charge in [-0.3, -0.25) is 9.59 Å². The Morgan fingerprint density at radius 3 is 2.38 bits per heavy atom. The highest BCUT2D eigenvalue weighted by Gasteiger charge is 2.25. The molecule has 34 heavy (non-hydrogen) atoms. The Morgan fingerprint density at radius 2 is 1.76 bits per heavy atom. The molecule has 0 aliphatic carbocycles. The summed E-state index contributed by atoms with van der Waals surface area (Å²) in [6.45, 7) is 3.64. The highest BCUT2D eigenvalue weighted by atomic mass is 16.5. The molecule has 1 aliphatic rings. The Labute approximate surface area is 201 Å². The standard InChI is InChI=1S/C24H34N6O4/c1-27(2)10-11-30(24(32)18-33-3)17-23(31)29-14-12-28(13-15-29)22-9-8-21(25-26-22)19-6-5-7-20(16-19)34-4/h5-9,16H,10-15,17-18H2,1-4H3. The fraction of sp³-hybridized carbons (Fsp3) is 0.500. The van der Waals surface area contributed by atoms with Gasteiger partial charge >= 0.3 is 0 Å².